The van der Waals surface area contributed by atoms with Crippen molar-refractivity contribution in [2.75, 3.05) is 32.5 Å². The van der Waals surface area contributed by atoms with Crippen LogP contribution in [-0.4, -0.2) is 54.7 Å². The van der Waals surface area contributed by atoms with E-state index in [1.54, 1.807) is 51.4 Å². The average Bonchev–Trinajstić information content (AvgIpc) is 2.77. The van der Waals surface area contributed by atoms with Crippen molar-refractivity contribution in [2.45, 2.75) is 19.9 Å². The van der Waals surface area contributed by atoms with Crippen LogP contribution in [0.15, 0.2) is 48.7 Å². The zero-order valence-electron chi connectivity index (χ0n) is 19.7. The van der Waals surface area contributed by atoms with Gasteiger partial charge in [-0.3, -0.25) is 9.78 Å². The second-order valence-corrected chi connectivity index (χ2v) is 8.60. The Morgan fingerprint density at radius 1 is 1.18 bits per heavy atom. The summed E-state index contributed by atoms with van der Waals surface area (Å²) in [6, 6.07) is 12.0. The number of nitrogens with one attached hydrogen (secondary N) is 3. The van der Waals surface area contributed by atoms with Gasteiger partial charge in [0.05, 0.1) is 17.3 Å². The van der Waals surface area contributed by atoms with Crippen molar-refractivity contribution in [2.24, 2.45) is 0 Å². The minimum Gasteiger partial charge on any atom is -0.457 e. The standard InChI is InChI=1S/C26H28FN5O2/c1-15-9-17(10-22(27)25(15)26(33)31-18-13-32(4)14-18)23-11-20(7-8-30-23)34-19-5-6-21(16(2)28)24(12-19)29-3/h5-12,18,28-29H,13-14H2,1-4H3,(H,31,33). The van der Waals surface area contributed by atoms with E-state index in [-0.39, 0.29) is 11.6 Å². The number of rotatable bonds is 7. The second-order valence-electron chi connectivity index (χ2n) is 8.60. The molecule has 0 unspecified atom stereocenters. The first-order valence-corrected chi connectivity index (χ1v) is 11.1. The molecule has 0 aliphatic carbocycles. The first-order chi connectivity index (χ1) is 16.2. The fraction of sp³-hybridized carbons (Fsp3) is 0.269. The van der Waals surface area contributed by atoms with E-state index in [2.05, 4.69) is 20.5 Å². The molecule has 8 heteroatoms. The quantitative estimate of drug-likeness (QED) is 0.452. The van der Waals surface area contributed by atoms with Crippen LogP contribution in [0, 0.1) is 18.2 Å². The Kier molecular flexibility index (Phi) is 6.61. The van der Waals surface area contributed by atoms with Gasteiger partial charge in [0.15, 0.2) is 0 Å². The maximum Gasteiger partial charge on any atom is 0.254 e. The fourth-order valence-electron chi connectivity index (χ4n) is 4.12. The highest BCUT2D eigenvalue weighted by Crippen LogP contribution is 2.30. The van der Waals surface area contributed by atoms with Crippen LogP contribution in [0.3, 0.4) is 0 Å². The maximum atomic E-state index is 15.0. The van der Waals surface area contributed by atoms with Crippen molar-refractivity contribution in [3.8, 4) is 22.8 Å². The summed E-state index contributed by atoms with van der Waals surface area (Å²) in [5.74, 6) is 0.168. The topological polar surface area (TPSA) is 90.3 Å². The Balaban J connectivity index is 1.55. The van der Waals surface area contributed by atoms with Crippen LogP contribution in [0.2, 0.25) is 0 Å². The van der Waals surface area contributed by atoms with Crippen LogP contribution in [0.5, 0.6) is 11.5 Å². The van der Waals surface area contributed by atoms with E-state index in [0.717, 1.165) is 24.3 Å². The maximum absolute atomic E-state index is 15.0. The molecular weight excluding hydrogens is 433 g/mol. The minimum atomic E-state index is -0.579. The lowest BCUT2D eigenvalue weighted by molar-refractivity contribution is 0.0853. The molecule has 7 nitrogen and oxygen atoms in total. The molecule has 0 bridgehead atoms. The molecule has 34 heavy (non-hydrogen) atoms. The van der Waals surface area contributed by atoms with E-state index >= 15 is 0 Å². The molecule has 1 aliphatic heterocycles. The Morgan fingerprint density at radius 3 is 2.56 bits per heavy atom. The molecule has 0 saturated carbocycles. The number of anilines is 1. The highest BCUT2D eigenvalue weighted by Gasteiger charge is 2.27. The number of aryl methyl sites for hydroxylation is 1. The van der Waals surface area contributed by atoms with Crippen LogP contribution in [-0.2, 0) is 0 Å². The SMILES string of the molecule is CNc1cc(Oc2ccnc(-c3cc(C)c(C(=O)NC4CN(C)C4)c(F)c3)c2)ccc1C(C)=N. The van der Waals surface area contributed by atoms with E-state index in [4.69, 9.17) is 10.1 Å². The number of carbonyl (C=O) groups excluding carboxylic acids is 1. The van der Waals surface area contributed by atoms with E-state index < -0.39 is 11.7 Å². The Hall–Kier alpha value is -3.78. The summed E-state index contributed by atoms with van der Waals surface area (Å²) in [7, 11) is 3.77. The van der Waals surface area contributed by atoms with Gasteiger partial charge in [0.25, 0.3) is 5.91 Å². The van der Waals surface area contributed by atoms with Crippen molar-refractivity contribution in [1.82, 2.24) is 15.2 Å². The van der Waals surface area contributed by atoms with E-state index in [9.17, 15) is 9.18 Å². The summed E-state index contributed by atoms with van der Waals surface area (Å²) in [4.78, 5) is 19.0. The molecule has 3 N–H and O–H groups in total. The number of nitrogens with zero attached hydrogens (tertiary/aromatic N) is 2. The van der Waals surface area contributed by atoms with Gasteiger partial charge in [0.2, 0.25) is 0 Å². The number of amides is 1. The second kappa shape index (κ2) is 9.61. The molecule has 1 amide bonds. The van der Waals surface area contributed by atoms with Gasteiger partial charge in [0, 0.05) is 61.0 Å². The van der Waals surface area contributed by atoms with Crippen molar-refractivity contribution < 1.29 is 13.9 Å². The number of carbonyl (C=O) groups is 1. The molecule has 1 aromatic heterocycles. The van der Waals surface area contributed by atoms with Crippen LogP contribution in [0.1, 0.15) is 28.4 Å². The fourth-order valence-corrected chi connectivity index (χ4v) is 4.12. The number of halogens is 1. The normalized spacial score (nSPS) is 13.8. The highest BCUT2D eigenvalue weighted by atomic mass is 19.1. The lowest BCUT2D eigenvalue weighted by atomic mass is 10.0. The van der Waals surface area contributed by atoms with Crippen LogP contribution < -0.4 is 15.4 Å². The number of aromatic nitrogens is 1. The molecule has 3 aromatic rings. The molecular formula is C26H28FN5O2. The first kappa shape index (κ1) is 23.4. The zero-order valence-corrected chi connectivity index (χ0v) is 19.7. The van der Waals surface area contributed by atoms with Gasteiger partial charge in [-0.05, 0) is 56.8 Å². The largest absolute Gasteiger partial charge is 0.457 e. The molecule has 0 spiro atoms. The van der Waals surface area contributed by atoms with E-state index in [1.807, 2.05) is 19.2 Å². The lowest BCUT2D eigenvalue weighted by Crippen LogP contribution is -2.57. The van der Waals surface area contributed by atoms with Crippen LogP contribution >= 0.6 is 0 Å². The van der Waals surface area contributed by atoms with Crippen LogP contribution in [0.4, 0.5) is 10.1 Å². The van der Waals surface area contributed by atoms with Crippen LogP contribution in [0.25, 0.3) is 11.3 Å². The monoisotopic (exact) mass is 461 g/mol. The van der Waals surface area contributed by atoms with Gasteiger partial charge in [0.1, 0.15) is 17.3 Å². The third-order valence-corrected chi connectivity index (χ3v) is 5.84. The van der Waals surface area contributed by atoms with Crippen molar-refractivity contribution in [1.29, 1.82) is 5.41 Å². The van der Waals surface area contributed by atoms with Gasteiger partial charge in [-0.15, -0.1) is 0 Å². The Morgan fingerprint density at radius 2 is 1.91 bits per heavy atom. The van der Waals surface area contributed by atoms with Crippen molar-refractivity contribution >= 4 is 17.3 Å². The molecule has 0 atom stereocenters. The Bertz CT molecular complexity index is 1230. The zero-order chi connectivity index (χ0) is 24.4. The Labute approximate surface area is 198 Å². The summed E-state index contributed by atoms with van der Waals surface area (Å²) >= 11 is 0. The number of ether oxygens (including phenoxy) is 1. The van der Waals surface area contributed by atoms with Gasteiger partial charge >= 0.3 is 0 Å². The van der Waals surface area contributed by atoms with Gasteiger partial charge in [-0.25, -0.2) is 4.39 Å². The van der Waals surface area contributed by atoms with Gasteiger partial charge in [-0.1, -0.05) is 0 Å². The van der Waals surface area contributed by atoms with Crippen molar-refractivity contribution in [3.63, 3.8) is 0 Å². The molecule has 1 aliphatic rings. The smallest absolute Gasteiger partial charge is 0.254 e. The van der Waals surface area contributed by atoms with Gasteiger partial charge < -0.3 is 25.7 Å². The number of benzene rings is 2. The molecule has 4 rings (SSSR count). The number of hydrogen-bond acceptors (Lipinski definition) is 6. The predicted molar refractivity (Wildman–Crippen MR) is 132 cm³/mol. The predicted octanol–water partition coefficient (Wildman–Crippen LogP) is 4.46. The van der Waals surface area contributed by atoms with E-state index in [0.29, 0.717) is 34.0 Å². The van der Waals surface area contributed by atoms with E-state index in [1.165, 1.54) is 6.07 Å². The molecule has 1 fully saturated rings. The molecule has 2 aromatic carbocycles. The third kappa shape index (κ3) is 4.92. The summed E-state index contributed by atoms with van der Waals surface area (Å²) in [5.41, 5.74) is 3.75. The number of hydrogen-bond donors (Lipinski definition) is 3. The van der Waals surface area contributed by atoms with Crippen molar-refractivity contribution in [3.05, 3.63) is 71.2 Å². The minimum absolute atomic E-state index is 0.0480. The molecule has 1 saturated heterocycles. The first-order valence-electron chi connectivity index (χ1n) is 11.1. The lowest BCUT2D eigenvalue weighted by Gasteiger charge is -2.36. The molecule has 176 valence electrons. The average molecular weight is 462 g/mol. The highest BCUT2D eigenvalue weighted by molar-refractivity contribution is 6.01. The van der Waals surface area contributed by atoms with Gasteiger partial charge in [-0.2, -0.15) is 0 Å². The number of likely N-dealkylation sites (N-methyl/N-ethyl adjacent to an activating group) is 1. The molecule has 0 radical (unpaired) electrons. The third-order valence-electron chi connectivity index (χ3n) is 5.84. The number of likely N-dealkylation sites (tertiary alicyclic amines) is 1. The summed E-state index contributed by atoms with van der Waals surface area (Å²) in [5, 5.41) is 13.8. The summed E-state index contributed by atoms with van der Waals surface area (Å²) in [6.45, 7) is 4.98. The molecule has 2 heterocycles. The summed E-state index contributed by atoms with van der Waals surface area (Å²) in [6.07, 6.45) is 1.60. The summed E-state index contributed by atoms with van der Waals surface area (Å²) < 4.78 is 21.0. The number of pyridine rings is 1.